The van der Waals surface area contributed by atoms with E-state index in [0.29, 0.717) is 31.1 Å². The van der Waals surface area contributed by atoms with Gasteiger partial charge in [-0.15, -0.1) is 0 Å². The third-order valence-electron chi connectivity index (χ3n) is 1.73. The average Bonchev–Trinajstić information content (AvgIpc) is 2.04. The number of benzene rings is 1. The van der Waals surface area contributed by atoms with Crippen LogP contribution in [0.25, 0.3) is 0 Å². The van der Waals surface area contributed by atoms with E-state index in [1.807, 2.05) is 6.07 Å². The first-order valence-corrected chi connectivity index (χ1v) is 6.02. The van der Waals surface area contributed by atoms with Crippen molar-refractivity contribution >= 4 is 25.2 Å². The van der Waals surface area contributed by atoms with E-state index in [9.17, 15) is 0 Å². The first-order chi connectivity index (χ1) is 5.74. The van der Waals surface area contributed by atoms with Gasteiger partial charge in [-0.25, -0.2) is 0 Å². The summed E-state index contributed by atoms with van der Waals surface area (Å²) in [5, 5.41) is 0. The topological polar surface area (TPSA) is 9.23 Å². The van der Waals surface area contributed by atoms with Crippen LogP contribution in [0.3, 0.4) is 0 Å². The molecule has 1 aromatic carbocycles. The summed E-state index contributed by atoms with van der Waals surface area (Å²) in [6.45, 7) is 4.46. The van der Waals surface area contributed by atoms with Crippen LogP contribution in [0.15, 0.2) is 24.3 Å². The molecule has 0 radical (unpaired) electrons. The summed E-state index contributed by atoms with van der Waals surface area (Å²) < 4.78 is 5.41. The quantitative estimate of drug-likeness (QED) is 0.748. The van der Waals surface area contributed by atoms with Gasteiger partial charge in [0.25, 0.3) is 0 Å². The Morgan fingerprint density at radius 3 is 2.58 bits per heavy atom. The zero-order valence-corrected chi connectivity index (χ0v) is 12.1. The van der Waals surface area contributed by atoms with Crippen molar-refractivity contribution in [2.75, 3.05) is 0 Å². The number of para-hydroxylation sites is 1. The van der Waals surface area contributed by atoms with E-state index < -0.39 is 0 Å². The second-order valence-corrected chi connectivity index (χ2v) is 4.24. The minimum absolute atomic E-state index is 0.586. The summed E-state index contributed by atoms with van der Waals surface area (Å²) in [6, 6.07) is 8.31. The molecule has 0 amide bonds. The van der Waals surface area contributed by atoms with E-state index in [1.165, 1.54) is 5.56 Å². The number of hydrogen-bond donors (Lipinski definition) is 0. The molecule has 0 aliphatic heterocycles. The Kier molecular flexibility index (Phi) is 4.01. The maximum atomic E-state index is 5.41. The van der Waals surface area contributed by atoms with Crippen molar-refractivity contribution in [2.45, 2.75) is 20.3 Å². The maximum absolute atomic E-state index is 5.41. The third kappa shape index (κ3) is 2.75. The van der Waals surface area contributed by atoms with Gasteiger partial charge in [0, 0.05) is 0 Å². The molecule has 12 heavy (non-hydrogen) atoms. The van der Waals surface area contributed by atoms with E-state index in [-0.39, 0.29) is 0 Å². The summed E-state index contributed by atoms with van der Waals surface area (Å²) in [7, 11) is 0. The first kappa shape index (κ1) is 9.99. The van der Waals surface area contributed by atoms with Gasteiger partial charge >= 0.3 is 89.7 Å². The molecule has 0 saturated heterocycles. The Bertz CT molecular complexity index is 245. The van der Waals surface area contributed by atoms with Gasteiger partial charge in [0.2, 0.25) is 0 Å². The second kappa shape index (κ2) is 4.81. The van der Waals surface area contributed by atoms with E-state index in [1.54, 1.807) is 0 Å². The van der Waals surface area contributed by atoms with Crippen molar-refractivity contribution < 1.29 is 2.81 Å². The molecule has 1 rings (SSSR count). The number of hydrogen-bond acceptors (Lipinski definition) is 1. The zero-order valence-electron chi connectivity index (χ0n) is 7.58. The molecular weight excluding hydrogens is 345 g/mol. The predicted molar refractivity (Wildman–Crippen MR) is 54.2 cm³/mol. The van der Waals surface area contributed by atoms with Crippen LogP contribution in [0.4, 0.5) is 0 Å². The van der Waals surface area contributed by atoms with E-state index >= 15 is 0 Å². The van der Waals surface area contributed by atoms with E-state index in [2.05, 4.69) is 32.0 Å². The van der Waals surface area contributed by atoms with Crippen LogP contribution in [0.1, 0.15) is 19.4 Å². The Morgan fingerprint density at radius 2 is 2.00 bits per heavy atom. The third-order valence-corrected chi connectivity index (χ3v) is 2.71. The van der Waals surface area contributed by atoms with Crippen molar-refractivity contribution in [3.63, 3.8) is 0 Å². The van der Waals surface area contributed by atoms with Gasteiger partial charge in [0.15, 0.2) is 0 Å². The molecule has 0 aliphatic rings. The molecule has 0 aromatic heterocycles. The standard InChI is InChI=1S/C10H14O.Bi.2H/c1-8(2)7-9-5-3-4-6-10(9)11;;;/h3-6,8,11H,7H2,1-2H3;;;/q;+1;;/p-1. The molecule has 66 valence electrons. The van der Waals surface area contributed by atoms with Gasteiger partial charge in [0.05, 0.1) is 0 Å². The fourth-order valence-corrected chi connectivity index (χ4v) is 2.12. The molecule has 1 aromatic rings. The minimum atomic E-state index is 0.586. The fraction of sp³-hybridized carbons (Fsp3) is 0.400. The van der Waals surface area contributed by atoms with Crippen LogP contribution in [0, 0.1) is 5.92 Å². The van der Waals surface area contributed by atoms with Crippen LogP contribution in [0.5, 0.6) is 5.75 Å². The molecule has 0 N–H and O–H groups in total. The molecule has 0 fully saturated rings. The van der Waals surface area contributed by atoms with Crippen molar-refractivity contribution in [1.82, 2.24) is 0 Å². The van der Waals surface area contributed by atoms with Crippen LogP contribution in [0.2, 0.25) is 0 Å². The summed E-state index contributed by atoms with van der Waals surface area (Å²) in [5.41, 5.74) is 1.34. The molecule has 0 aliphatic carbocycles. The zero-order chi connectivity index (χ0) is 8.97. The summed E-state index contributed by atoms with van der Waals surface area (Å²) in [5.74, 6) is 1.78. The monoisotopic (exact) mass is 360 g/mol. The van der Waals surface area contributed by atoms with Crippen LogP contribution < -0.4 is 2.81 Å². The van der Waals surface area contributed by atoms with Gasteiger partial charge in [-0.1, -0.05) is 0 Å². The molecule has 0 heterocycles. The van der Waals surface area contributed by atoms with Crippen molar-refractivity contribution in [2.24, 2.45) is 5.92 Å². The second-order valence-electron chi connectivity index (χ2n) is 3.32. The van der Waals surface area contributed by atoms with Crippen molar-refractivity contribution in [3.05, 3.63) is 29.8 Å². The van der Waals surface area contributed by atoms with Crippen LogP contribution in [-0.2, 0) is 6.42 Å². The van der Waals surface area contributed by atoms with E-state index in [4.69, 9.17) is 2.81 Å². The fourth-order valence-electron chi connectivity index (χ4n) is 1.23. The Labute approximate surface area is 89.6 Å². The molecule has 2 heteroatoms. The Balaban J connectivity index is 2.82. The predicted octanol–water partition coefficient (Wildman–Crippen LogP) is 1.81. The van der Waals surface area contributed by atoms with E-state index in [0.717, 1.165) is 12.2 Å². The first-order valence-electron chi connectivity index (χ1n) is 4.18. The van der Waals surface area contributed by atoms with Gasteiger partial charge in [0.1, 0.15) is 0 Å². The molecule has 0 unspecified atom stereocenters. The van der Waals surface area contributed by atoms with Crippen LogP contribution >= 0.6 is 0 Å². The van der Waals surface area contributed by atoms with Gasteiger partial charge < -0.3 is 0 Å². The molecule has 0 atom stereocenters. The van der Waals surface area contributed by atoms with Crippen molar-refractivity contribution in [3.8, 4) is 5.75 Å². The van der Waals surface area contributed by atoms with Gasteiger partial charge in [-0.05, 0) is 0 Å². The van der Waals surface area contributed by atoms with Crippen LogP contribution in [-0.4, -0.2) is 25.2 Å². The van der Waals surface area contributed by atoms with Crippen molar-refractivity contribution in [1.29, 1.82) is 0 Å². The average molecular weight is 360 g/mol. The Morgan fingerprint density at radius 1 is 1.33 bits per heavy atom. The normalized spacial score (nSPS) is 10.3. The molecule has 0 saturated carbocycles. The molecule has 0 spiro atoms. The molecule has 0 bridgehead atoms. The Hall–Kier alpha value is -0.0969. The summed E-state index contributed by atoms with van der Waals surface area (Å²) >= 11 is 0.586. The number of rotatable bonds is 3. The summed E-state index contributed by atoms with van der Waals surface area (Å²) in [4.78, 5) is 0. The summed E-state index contributed by atoms with van der Waals surface area (Å²) in [6.07, 6.45) is 1.11. The SMILES string of the molecule is CC(C)Cc1ccccc1[O][BiH2]. The van der Waals surface area contributed by atoms with Gasteiger partial charge in [-0.3, -0.25) is 0 Å². The molecular formula is C10H15BiO. The van der Waals surface area contributed by atoms with Gasteiger partial charge in [-0.2, -0.15) is 0 Å². The molecule has 1 nitrogen and oxygen atoms in total.